The molecule has 0 spiro atoms. The number of rotatable bonds is 2. The highest BCUT2D eigenvalue weighted by Gasteiger charge is 2.12. The second kappa shape index (κ2) is 5.08. The van der Waals surface area contributed by atoms with Gasteiger partial charge < -0.3 is 9.72 Å². The van der Waals surface area contributed by atoms with Crippen LogP contribution in [0.4, 0.5) is 0 Å². The monoisotopic (exact) mass is 295 g/mol. The minimum Gasteiger partial charge on any atom is -0.497 e. The van der Waals surface area contributed by atoms with Gasteiger partial charge >= 0.3 is 0 Å². The Hall–Kier alpha value is -2.58. The van der Waals surface area contributed by atoms with Crippen molar-refractivity contribution >= 4 is 23.3 Å². The van der Waals surface area contributed by atoms with Crippen LogP contribution in [-0.4, -0.2) is 16.7 Å². The molecule has 0 aliphatic rings. The van der Waals surface area contributed by atoms with Crippen LogP contribution >= 0.6 is 12.2 Å². The van der Waals surface area contributed by atoms with Gasteiger partial charge in [-0.1, -0.05) is 12.1 Å². The first kappa shape index (κ1) is 13.4. The van der Waals surface area contributed by atoms with Crippen molar-refractivity contribution in [3.63, 3.8) is 0 Å². The van der Waals surface area contributed by atoms with Crippen molar-refractivity contribution in [1.82, 2.24) is 9.55 Å². The maximum atomic E-state index is 9.43. The summed E-state index contributed by atoms with van der Waals surface area (Å²) in [5.74, 6) is 0.747. The standard InChI is InChI=1S/C16H13N3OS/c1-10-4-3-5-14(12(10)9-17)19-15-8-11(20-2)6-7-13(15)18-16(19)21/h3-8H,1-2H3,(H,18,21). The van der Waals surface area contributed by atoms with Gasteiger partial charge in [0.2, 0.25) is 0 Å². The average molecular weight is 295 g/mol. The lowest BCUT2D eigenvalue weighted by Gasteiger charge is -2.09. The van der Waals surface area contributed by atoms with Gasteiger partial charge in [0.25, 0.3) is 0 Å². The van der Waals surface area contributed by atoms with Crippen LogP contribution in [0.25, 0.3) is 16.7 Å². The Bertz CT molecular complexity index is 931. The third-order valence-corrected chi connectivity index (χ3v) is 3.78. The Morgan fingerprint density at radius 1 is 1.29 bits per heavy atom. The Morgan fingerprint density at radius 2 is 2.10 bits per heavy atom. The summed E-state index contributed by atoms with van der Waals surface area (Å²) in [5, 5.41) is 9.43. The number of nitrogens with zero attached hydrogens (tertiary/aromatic N) is 2. The quantitative estimate of drug-likeness (QED) is 0.730. The second-order valence-electron chi connectivity index (χ2n) is 4.73. The number of aromatic nitrogens is 2. The van der Waals surface area contributed by atoms with Crippen molar-refractivity contribution in [3.05, 3.63) is 52.3 Å². The molecule has 0 atom stereocenters. The van der Waals surface area contributed by atoms with E-state index in [1.54, 1.807) is 7.11 Å². The zero-order valence-electron chi connectivity index (χ0n) is 11.7. The molecular formula is C16H13N3OS. The van der Waals surface area contributed by atoms with E-state index in [2.05, 4.69) is 11.1 Å². The molecule has 21 heavy (non-hydrogen) atoms. The van der Waals surface area contributed by atoms with Crippen molar-refractivity contribution in [1.29, 1.82) is 5.26 Å². The molecule has 0 bridgehead atoms. The predicted molar refractivity (Wildman–Crippen MR) is 84.5 cm³/mol. The smallest absolute Gasteiger partial charge is 0.182 e. The fourth-order valence-electron chi connectivity index (χ4n) is 2.43. The van der Waals surface area contributed by atoms with Crippen LogP contribution in [0.2, 0.25) is 0 Å². The first-order valence-electron chi connectivity index (χ1n) is 6.44. The normalized spacial score (nSPS) is 10.5. The first-order valence-corrected chi connectivity index (χ1v) is 6.85. The molecule has 3 rings (SSSR count). The highest BCUT2D eigenvalue weighted by molar-refractivity contribution is 7.71. The van der Waals surface area contributed by atoms with E-state index in [1.807, 2.05) is 47.9 Å². The van der Waals surface area contributed by atoms with E-state index in [0.717, 1.165) is 28.0 Å². The van der Waals surface area contributed by atoms with E-state index in [-0.39, 0.29) is 0 Å². The molecule has 5 heteroatoms. The van der Waals surface area contributed by atoms with Crippen LogP contribution in [-0.2, 0) is 0 Å². The lowest BCUT2D eigenvalue weighted by atomic mass is 10.1. The first-order chi connectivity index (χ1) is 10.2. The minimum atomic E-state index is 0.556. The fourth-order valence-corrected chi connectivity index (χ4v) is 2.74. The molecule has 0 saturated carbocycles. The SMILES string of the molecule is COc1ccc2[nH]c(=S)n(-c3cccc(C)c3C#N)c2c1. The van der Waals surface area contributed by atoms with E-state index in [1.165, 1.54) is 0 Å². The Labute approximate surface area is 127 Å². The molecule has 1 heterocycles. The van der Waals surface area contributed by atoms with Gasteiger partial charge in [-0.15, -0.1) is 0 Å². The van der Waals surface area contributed by atoms with Crippen LogP contribution < -0.4 is 4.74 Å². The molecule has 104 valence electrons. The molecule has 2 aromatic carbocycles. The van der Waals surface area contributed by atoms with Crippen molar-refractivity contribution in [3.8, 4) is 17.5 Å². The Balaban J connectivity index is 2.41. The third kappa shape index (κ3) is 2.10. The van der Waals surface area contributed by atoms with Crippen LogP contribution in [0.5, 0.6) is 5.75 Å². The molecule has 0 unspecified atom stereocenters. The molecule has 1 aromatic heterocycles. The molecule has 0 aliphatic heterocycles. The largest absolute Gasteiger partial charge is 0.497 e. The second-order valence-corrected chi connectivity index (χ2v) is 5.12. The summed E-state index contributed by atoms with van der Waals surface area (Å²) in [6, 6.07) is 13.7. The number of aromatic amines is 1. The highest BCUT2D eigenvalue weighted by atomic mass is 32.1. The number of imidazole rings is 1. The molecule has 4 nitrogen and oxygen atoms in total. The van der Waals surface area contributed by atoms with Gasteiger partial charge in [0.1, 0.15) is 11.8 Å². The number of methoxy groups -OCH3 is 1. The van der Waals surface area contributed by atoms with Gasteiger partial charge in [-0.25, -0.2) is 0 Å². The Morgan fingerprint density at radius 3 is 2.81 bits per heavy atom. The number of aryl methyl sites for hydroxylation is 1. The van der Waals surface area contributed by atoms with Crippen LogP contribution in [0.1, 0.15) is 11.1 Å². The topological polar surface area (TPSA) is 53.7 Å². The summed E-state index contributed by atoms with van der Waals surface area (Å²) >= 11 is 5.42. The van der Waals surface area contributed by atoms with E-state index in [9.17, 15) is 5.26 Å². The molecule has 0 radical (unpaired) electrons. The summed E-state index contributed by atoms with van der Waals surface area (Å²) in [6.07, 6.45) is 0. The zero-order chi connectivity index (χ0) is 15.0. The van der Waals surface area contributed by atoms with Gasteiger partial charge in [-0.05, 0) is 42.9 Å². The van der Waals surface area contributed by atoms with E-state index in [4.69, 9.17) is 17.0 Å². The summed E-state index contributed by atoms with van der Waals surface area (Å²) in [5.41, 5.74) is 4.13. The zero-order valence-corrected chi connectivity index (χ0v) is 12.5. The number of nitrogens with one attached hydrogen (secondary N) is 1. The van der Waals surface area contributed by atoms with Gasteiger partial charge in [0, 0.05) is 6.07 Å². The van der Waals surface area contributed by atoms with Crippen LogP contribution in [0.3, 0.4) is 0 Å². The summed E-state index contributed by atoms with van der Waals surface area (Å²) in [4.78, 5) is 3.16. The predicted octanol–water partition coefficient (Wildman–Crippen LogP) is 3.88. The molecule has 0 fully saturated rings. The molecule has 0 saturated heterocycles. The van der Waals surface area contributed by atoms with Crippen LogP contribution in [0, 0.1) is 23.0 Å². The highest BCUT2D eigenvalue weighted by Crippen LogP contribution is 2.26. The Kier molecular flexibility index (Phi) is 3.24. The third-order valence-electron chi connectivity index (χ3n) is 3.49. The van der Waals surface area contributed by atoms with Crippen LogP contribution in [0.15, 0.2) is 36.4 Å². The molecule has 0 aliphatic carbocycles. The van der Waals surface area contributed by atoms with Crippen molar-refractivity contribution < 1.29 is 4.74 Å². The van der Waals surface area contributed by atoms with E-state index in [0.29, 0.717) is 10.3 Å². The van der Waals surface area contributed by atoms with Gasteiger partial charge in [-0.3, -0.25) is 4.57 Å². The number of hydrogen-bond donors (Lipinski definition) is 1. The van der Waals surface area contributed by atoms with Gasteiger partial charge in [0.05, 0.1) is 29.4 Å². The number of ether oxygens (including phenoxy) is 1. The van der Waals surface area contributed by atoms with Crippen molar-refractivity contribution in [2.75, 3.05) is 7.11 Å². The summed E-state index contributed by atoms with van der Waals surface area (Å²) in [6.45, 7) is 1.92. The van der Waals surface area contributed by atoms with Crippen molar-refractivity contribution in [2.24, 2.45) is 0 Å². The van der Waals surface area contributed by atoms with Gasteiger partial charge in [0.15, 0.2) is 4.77 Å². The summed E-state index contributed by atoms with van der Waals surface area (Å²) < 4.78 is 7.71. The number of nitriles is 1. The van der Waals surface area contributed by atoms with E-state index >= 15 is 0 Å². The molecular weight excluding hydrogens is 282 g/mol. The molecule has 3 aromatic rings. The minimum absolute atomic E-state index is 0.556. The lowest BCUT2D eigenvalue weighted by Crippen LogP contribution is -1.99. The summed E-state index contributed by atoms with van der Waals surface area (Å²) in [7, 11) is 1.63. The maximum Gasteiger partial charge on any atom is 0.182 e. The number of fused-ring (bicyclic) bond motifs is 1. The molecule has 1 N–H and O–H groups in total. The lowest BCUT2D eigenvalue weighted by molar-refractivity contribution is 0.415. The van der Waals surface area contributed by atoms with E-state index < -0.39 is 0 Å². The fraction of sp³-hybridized carbons (Fsp3) is 0.125. The number of H-pyrrole nitrogens is 1. The average Bonchev–Trinajstić information content (AvgIpc) is 2.81. The number of hydrogen-bond acceptors (Lipinski definition) is 3. The molecule has 0 amide bonds. The maximum absolute atomic E-state index is 9.43. The van der Waals surface area contributed by atoms with Crippen molar-refractivity contribution in [2.45, 2.75) is 6.92 Å². The van der Waals surface area contributed by atoms with Gasteiger partial charge in [-0.2, -0.15) is 5.26 Å². The number of benzene rings is 2.